The summed E-state index contributed by atoms with van der Waals surface area (Å²) >= 11 is 0. The SMILES string of the molecule is CCN=C(COC(C)C)NN. The molecule has 0 amide bonds. The maximum absolute atomic E-state index is 5.27. The van der Waals surface area contributed by atoms with Crippen molar-refractivity contribution in [3.05, 3.63) is 0 Å². The van der Waals surface area contributed by atoms with E-state index in [1.54, 1.807) is 0 Å². The first kappa shape index (κ1) is 10.4. The third-order valence-electron chi connectivity index (χ3n) is 1.07. The lowest BCUT2D eigenvalue weighted by Crippen LogP contribution is -2.34. The zero-order chi connectivity index (χ0) is 8.69. The molecule has 0 aliphatic carbocycles. The molecule has 0 rings (SSSR count). The van der Waals surface area contributed by atoms with Crippen LogP contribution in [0.1, 0.15) is 20.8 Å². The molecule has 0 unspecified atom stereocenters. The largest absolute Gasteiger partial charge is 0.371 e. The summed E-state index contributed by atoms with van der Waals surface area (Å²) in [6.45, 7) is 7.08. The Morgan fingerprint density at radius 3 is 2.64 bits per heavy atom. The molecule has 0 bridgehead atoms. The molecular formula is C7H17N3O. The van der Waals surface area contributed by atoms with E-state index in [0.29, 0.717) is 12.4 Å². The van der Waals surface area contributed by atoms with Gasteiger partial charge in [0.2, 0.25) is 0 Å². The van der Waals surface area contributed by atoms with Crippen molar-refractivity contribution in [2.75, 3.05) is 13.2 Å². The minimum atomic E-state index is 0.213. The van der Waals surface area contributed by atoms with Crippen molar-refractivity contribution in [2.45, 2.75) is 26.9 Å². The third kappa shape index (κ3) is 5.82. The van der Waals surface area contributed by atoms with E-state index in [2.05, 4.69) is 10.4 Å². The van der Waals surface area contributed by atoms with Crippen LogP contribution < -0.4 is 11.3 Å². The monoisotopic (exact) mass is 159 g/mol. The quantitative estimate of drug-likeness (QED) is 0.268. The zero-order valence-electron chi connectivity index (χ0n) is 7.42. The second-order valence-corrected chi connectivity index (χ2v) is 2.43. The Hall–Kier alpha value is -0.610. The van der Waals surface area contributed by atoms with Gasteiger partial charge in [-0.3, -0.25) is 4.99 Å². The van der Waals surface area contributed by atoms with Gasteiger partial charge in [0, 0.05) is 6.54 Å². The molecular weight excluding hydrogens is 142 g/mol. The Balaban J connectivity index is 3.61. The molecule has 0 atom stereocenters. The van der Waals surface area contributed by atoms with Crippen LogP contribution in [0.3, 0.4) is 0 Å². The molecule has 0 aliphatic heterocycles. The molecule has 0 fully saturated rings. The minimum absolute atomic E-state index is 0.213. The van der Waals surface area contributed by atoms with Gasteiger partial charge >= 0.3 is 0 Å². The summed E-state index contributed by atoms with van der Waals surface area (Å²) in [6, 6.07) is 0. The van der Waals surface area contributed by atoms with Gasteiger partial charge in [0.15, 0.2) is 0 Å². The van der Waals surface area contributed by atoms with Gasteiger partial charge < -0.3 is 10.2 Å². The summed E-state index contributed by atoms with van der Waals surface area (Å²) in [4.78, 5) is 4.07. The summed E-state index contributed by atoms with van der Waals surface area (Å²) in [5.74, 6) is 5.88. The molecule has 0 aromatic rings. The smallest absolute Gasteiger partial charge is 0.137 e. The van der Waals surface area contributed by atoms with Crippen LogP contribution in [0.25, 0.3) is 0 Å². The van der Waals surface area contributed by atoms with Crippen LogP contribution in [0, 0.1) is 0 Å². The number of nitrogens with one attached hydrogen (secondary N) is 1. The van der Waals surface area contributed by atoms with Gasteiger partial charge in [-0.15, -0.1) is 0 Å². The van der Waals surface area contributed by atoms with E-state index in [1.807, 2.05) is 20.8 Å². The third-order valence-corrected chi connectivity index (χ3v) is 1.07. The van der Waals surface area contributed by atoms with E-state index in [1.165, 1.54) is 0 Å². The molecule has 0 aromatic heterocycles. The summed E-state index contributed by atoms with van der Waals surface area (Å²) < 4.78 is 5.27. The average molecular weight is 159 g/mol. The molecule has 0 aromatic carbocycles. The predicted molar refractivity (Wildman–Crippen MR) is 46.4 cm³/mol. The Morgan fingerprint density at radius 1 is 1.64 bits per heavy atom. The van der Waals surface area contributed by atoms with Crippen molar-refractivity contribution < 1.29 is 4.74 Å². The van der Waals surface area contributed by atoms with Gasteiger partial charge in [-0.05, 0) is 20.8 Å². The van der Waals surface area contributed by atoms with E-state index in [9.17, 15) is 0 Å². The highest BCUT2D eigenvalue weighted by Gasteiger charge is 1.97. The van der Waals surface area contributed by atoms with Gasteiger partial charge in [-0.2, -0.15) is 0 Å². The van der Waals surface area contributed by atoms with Crippen LogP contribution in [0.2, 0.25) is 0 Å². The predicted octanol–water partition coefficient (Wildman–Crippen LogP) is 0.293. The molecule has 3 N–H and O–H groups in total. The lowest BCUT2D eigenvalue weighted by molar-refractivity contribution is 0.109. The number of nitrogens with two attached hydrogens (primary N) is 1. The topological polar surface area (TPSA) is 59.6 Å². The lowest BCUT2D eigenvalue weighted by atomic mass is 10.5. The number of hydrazine groups is 1. The molecule has 4 nitrogen and oxygen atoms in total. The summed E-state index contributed by atoms with van der Waals surface area (Å²) in [5.41, 5.74) is 2.48. The van der Waals surface area contributed by atoms with Crippen molar-refractivity contribution in [3.8, 4) is 0 Å². The fraction of sp³-hybridized carbons (Fsp3) is 0.857. The van der Waals surface area contributed by atoms with E-state index in [4.69, 9.17) is 10.6 Å². The molecule has 0 saturated heterocycles. The van der Waals surface area contributed by atoms with E-state index >= 15 is 0 Å². The van der Waals surface area contributed by atoms with Crippen molar-refractivity contribution in [1.29, 1.82) is 0 Å². The number of aliphatic imine (C=N–C) groups is 1. The van der Waals surface area contributed by atoms with E-state index in [0.717, 1.165) is 6.54 Å². The highest BCUT2D eigenvalue weighted by molar-refractivity contribution is 5.82. The van der Waals surface area contributed by atoms with Gasteiger partial charge in [0.1, 0.15) is 12.4 Å². The fourth-order valence-electron chi connectivity index (χ4n) is 0.569. The van der Waals surface area contributed by atoms with Crippen molar-refractivity contribution in [1.82, 2.24) is 5.43 Å². The Bertz CT molecular complexity index is 123. The number of hydrogen-bond donors (Lipinski definition) is 2. The molecule has 0 radical (unpaired) electrons. The number of amidine groups is 1. The normalized spacial score (nSPS) is 12.3. The molecule has 0 saturated carbocycles. The minimum Gasteiger partial charge on any atom is -0.371 e. The average Bonchev–Trinajstić information content (AvgIpc) is 1.97. The number of hydrogen-bond acceptors (Lipinski definition) is 3. The number of ether oxygens (including phenoxy) is 1. The lowest BCUT2D eigenvalue weighted by Gasteiger charge is -2.08. The second-order valence-electron chi connectivity index (χ2n) is 2.43. The molecule has 0 spiro atoms. The van der Waals surface area contributed by atoms with Crippen molar-refractivity contribution >= 4 is 5.84 Å². The zero-order valence-corrected chi connectivity index (χ0v) is 7.42. The van der Waals surface area contributed by atoms with Gasteiger partial charge in [0.25, 0.3) is 0 Å². The van der Waals surface area contributed by atoms with Gasteiger partial charge in [0.05, 0.1) is 6.10 Å². The number of rotatable bonds is 4. The Labute approximate surface area is 67.8 Å². The Kier molecular flexibility index (Phi) is 5.78. The van der Waals surface area contributed by atoms with Crippen LogP contribution in [-0.4, -0.2) is 25.1 Å². The Morgan fingerprint density at radius 2 is 2.27 bits per heavy atom. The first-order valence-corrected chi connectivity index (χ1v) is 3.82. The van der Waals surface area contributed by atoms with Crippen LogP contribution in [0.15, 0.2) is 4.99 Å². The highest BCUT2D eigenvalue weighted by Crippen LogP contribution is 1.87. The van der Waals surface area contributed by atoms with Crippen LogP contribution in [0.5, 0.6) is 0 Å². The fourth-order valence-corrected chi connectivity index (χ4v) is 0.569. The first-order chi connectivity index (χ1) is 5.20. The van der Waals surface area contributed by atoms with E-state index in [-0.39, 0.29) is 6.10 Å². The van der Waals surface area contributed by atoms with E-state index < -0.39 is 0 Å². The maximum atomic E-state index is 5.27. The standard InChI is InChI=1S/C7H17N3O/c1-4-9-7(10-8)5-11-6(2)3/h6H,4-5,8H2,1-3H3,(H,9,10). The van der Waals surface area contributed by atoms with Crippen molar-refractivity contribution in [3.63, 3.8) is 0 Å². The first-order valence-electron chi connectivity index (χ1n) is 3.82. The van der Waals surface area contributed by atoms with Crippen LogP contribution in [0.4, 0.5) is 0 Å². The van der Waals surface area contributed by atoms with Crippen molar-refractivity contribution in [2.24, 2.45) is 10.8 Å². The summed E-state index contributed by atoms with van der Waals surface area (Å²) in [5, 5.41) is 0. The summed E-state index contributed by atoms with van der Waals surface area (Å²) in [6.07, 6.45) is 0.213. The number of nitrogens with zero attached hydrogens (tertiary/aromatic N) is 1. The van der Waals surface area contributed by atoms with Crippen LogP contribution >= 0.6 is 0 Å². The molecule has 0 aliphatic rings. The second kappa shape index (κ2) is 6.12. The van der Waals surface area contributed by atoms with Crippen LogP contribution in [-0.2, 0) is 4.74 Å². The summed E-state index contributed by atoms with van der Waals surface area (Å²) in [7, 11) is 0. The molecule has 0 heterocycles. The molecule has 66 valence electrons. The highest BCUT2D eigenvalue weighted by atomic mass is 16.5. The molecule has 4 heteroatoms. The molecule has 11 heavy (non-hydrogen) atoms. The van der Waals surface area contributed by atoms with Gasteiger partial charge in [-0.1, -0.05) is 0 Å². The maximum Gasteiger partial charge on any atom is 0.137 e. The van der Waals surface area contributed by atoms with Gasteiger partial charge in [-0.25, -0.2) is 5.84 Å².